The fourth-order valence-corrected chi connectivity index (χ4v) is 7.64. The molecule has 22 heteroatoms. The van der Waals surface area contributed by atoms with E-state index < -0.39 is 42.0 Å². The van der Waals surface area contributed by atoms with Crippen LogP contribution in [0.15, 0.2) is 84.9 Å². The molecule has 2 unspecified atom stereocenters. The van der Waals surface area contributed by atoms with Gasteiger partial charge in [0, 0.05) is 51.1 Å². The molecule has 0 aliphatic carbocycles. The van der Waals surface area contributed by atoms with E-state index in [9.17, 15) is 33.9 Å². The van der Waals surface area contributed by atoms with E-state index in [-0.39, 0.29) is 159 Å². The van der Waals surface area contributed by atoms with E-state index in [1.807, 2.05) is 24.3 Å². The van der Waals surface area contributed by atoms with Crippen LogP contribution < -0.4 is 129 Å². The Hall–Kier alpha value is -2.72. The van der Waals surface area contributed by atoms with Crippen molar-refractivity contribution in [1.29, 1.82) is 0 Å². The number of esters is 2. The summed E-state index contributed by atoms with van der Waals surface area (Å²) in [5, 5.41) is 29.1. The Balaban J connectivity index is 0.000000525. The normalized spacial score (nSPS) is 12.6. The van der Waals surface area contributed by atoms with E-state index in [2.05, 4.69) is 81.5 Å². The van der Waals surface area contributed by atoms with Crippen LogP contribution in [0.4, 0.5) is 4.79 Å². The number of nitrogens with two attached hydrogens (primary N) is 2. The molecule has 4 aromatic rings. The summed E-state index contributed by atoms with van der Waals surface area (Å²) in [6.07, 6.45) is -2.16. The van der Waals surface area contributed by atoms with Crippen molar-refractivity contribution in [2.24, 2.45) is 11.5 Å². The second kappa shape index (κ2) is 32.2. The number of fused-ring (bicyclic) bond motifs is 2. The van der Waals surface area contributed by atoms with Crippen LogP contribution in [0.1, 0.15) is 79.8 Å². The Morgan fingerprint density at radius 2 is 0.985 bits per heavy atom. The summed E-state index contributed by atoms with van der Waals surface area (Å²) in [4.78, 5) is 82.4. The number of carbonyl (C=O) groups is 7. The fraction of sp³-hybridized carbons (Fsp3) is 0.311. The van der Waals surface area contributed by atoms with Gasteiger partial charge >= 0.3 is 115 Å². The number of hydrogen-bond donors (Lipinski definition) is 3. The zero-order chi connectivity index (χ0) is 48.2. The molecule has 17 nitrogen and oxygen atoms in total. The standard InChI is InChI=1S/C22H23BrN2O5.C14H16N2O5.C8H8Br2.CH2O3.2K/c1-29-20(26)10-9-18(21(24)27)25-12-17-16(22(25)28)3-2-4-19(17)30-13-15-7-5-14(11-23)6-8-15;1-21-12(18)6-5-10(13(15)19)16-7-9-8(14(16)20)3-2-4-11(9)17;9-5-7-1-2-8(6-10)4-3-7;2-1(3)4;;/h2-8,18H,9-13H2,1H3,(H2,24,27);2-4,10,17H,5-7H2,1H3,(H2,15,19);1-4H,5-6H2;(H2,2,3,4);;/q;;;;2*+1/p-2. The van der Waals surface area contributed by atoms with Crippen LogP contribution in [0.5, 0.6) is 11.5 Å². The summed E-state index contributed by atoms with van der Waals surface area (Å²) < 4.78 is 15.1. The number of phenols is 1. The third kappa shape index (κ3) is 19.5. The van der Waals surface area contributed by atoms with E-state index in [0.717, 1.165) is 21.6 Å². The number of primary amides is 2. The van der Waals surface area contributed by atoms with Gasteiger partial charge in [-0.2, -0.15) is 0 Å². The van der Waals surface area contributed by atoms with Crippen LogP contribution in [0.2, 0.25) is 0 Å². The van der Waals surface area contributed by atoms with Gasteiger partial charge in [0.1, 0.15) is 30.2 Å². The van der Waals surface area contributed by atoms with Gasteiger partial charge in [-0.05, 0) is 65.5 Å². The molecule has 4 aromatic carbocycles. The van der Waals surface area contributed by atoms with Gasteiger partial charge < -0.3 is 55.6 Å². The largest absolute Gasteiger partial charge is 1.00 e. The quantitative estimate of drug-likeness (QED) is 0.0631. The number of amides is 4. The van der Waals surface area contributed by atoms with E-state index in [0.29, 0.717) is 34.6 Å². The van der Waals surface area contributed by atoms with Crippen molar-refractivity contribution in [3.05, 3.63) is 129 Å². The maximum Gasteiger partial charge on any atom is 1.00 e. The third-order valence-electron chi connectivity index (χ3n) is 9.94. The van der Waals surface area contributed by atoms with Crippen LogP contribution in [-0.2, 0) is 64.3 Å². The maximum atomic E-state index is 12.9. The van der Waals surface area contributed by atoms with Gasteiger partial charge in [-0.3, -0.25) is 28.8 Å². The number of halogens is 3. The van der Waals surface area contributed by atoms with E-state index >= 15 is 0 Å². The molecule has 348 valence electrons. The molecule has 5 N–H and O–H groups in total. The van der Waals surface area contributed by atoms with E-state index in [1.54, 1.807) is 30.3 Å². The van der Waals surface area contributed by atoms with Crippen molar-refractivity contribution in [2.45, 2.75) is 73.5 Å². The van der Waals surface area contributed by atoms with Crippen molar-refractivity contribution in [3.63, 3.8) is 0 Å². The minimum atomic E-state index is -2.33. The molecular weight excluding hydrogens is 1120 g/mol. The molecule has 0 bridgehead atoms. The SMILES string of the molecule is BrCc1ccc(CBr)cc1.COC(=O)CCC(C(N)=O)N1Cc2c(O)cccc2C1=O.COC(=O)CCC(C(N)=O)N1Cc2c(OCc3ccc(CBr)cc3)cccc2C1=O.O=C([O-])[O-].[K+].[K+]. The molecule has 67 heavy (non-hydrogen) atoms. The maximum absolute atomic E-state index is 12.9. The number of carboxylic acid groups (broad SMARTS) is 2. The monoisotopic (exact) mass is 1170 g/mol. The molecule has 0 aromatic heterocycles. The summed E-state index contributed by atoms with van der Waals surface area (Å²) in [6.45, 7) is 0.645. The van der Waals surface area contributed by atoms with E-state index in [1.165, 1.54) is 46.8 Å². The van der Waals surface area contributed by atoms with Gasteiger partial charge in [-0.1, -0.05) is 108 Å². The number of rotatable bonds is 16. The third-order valence-corrected chi connectivity index (χ3v) is 11.9. The summed E-state index contributed by atoms with van der Waals surface area (Å²) >= 11 is 10.2. The first-order chi connectivity index (χ1) is 31.0. The second-order valence-corrected chi connectivity index (χ2v) is 15.8. The second-order valence-electron chi connectivity index (χ2n) is 14.1. The first-order valence-corrected chi connectivity index (χ1v) is 23.0. The average molecular weight is 1170 g/mol. The first kappa shape index (κ1) is 62.3. The molecule has 2 atom stereocenters. The molecule has 2 aliphatic heterocycles. The van der Waals surface area contributed by atoms with Crippen molar-refractivity contribution in [1.82, 2.24) is 9.80 Å². The summed E-state index contributed by atoms with van der Waals surface area (Å²) in [5.41, 5.74) is 17.7. The predicted octanol–water partition coefficient (Wildman–Crippen LogP) is -1.88. The average Bonchev–Trinajstić information content (AvgIpc) is 3.82. The number of hydrogen-bond acceptors (Lipinski definition) is 13. The van der Waals surface area contributed by atoms with Crippen LogP contribution in [-0.4, -0.2) is 82.9 Å². The Bertz CT molecular complexity index is 2280. The van der Waals surface area contributed by atoms with Gasteiger partial charge in [0.25, 0.3) is 11.8 Å². The minimum Gasteiger partial charge on any atom is -0.652 e. The molecule has 0 saturated carbocycles. The van der Waals surface area contributed by atoms with Crippen molar-refractivity contribution in [3.8, 4) is 11.5 Å². The van der Waals surface area contributed by atoms with Gasteiger partial charge in [-0.25, -0.2) is 0 Å². The zero-order valence-corrected chi connectivity index (χ0v) is 48.3. The Kier molecular flexibility index (Phi) is 30.0. The molecule has 0 fully saturated rings. The zero-order valence-electron chi connectivity index (χ0n) is 37.3. The van der Waals surface area contributed by atoms with Gasteiger partial charge in [0.2, 0.25) is 11.8 Å². The van der Waals surface area contributed by atoms with Crippen molar-refractivity contribution < 1.29 is 166 Å². The van der Waals surface area contributed by atoms with Crippen LogP contribution in [0.3, 0.4) is 0 Å². The smallest absolute Gasteiger partial charge is 0.652 e. The number of aromatic hydroxyl groups is 1. The molecule has 2 aliphatic rings. The molecule has 4 amide bonds. The number of methoxy groups -OCH3 is 2. The van der Waals surface area contributed by atoms with Crippen LogP contribution >= 0.6 is 47.8 Å². The number of phenolic OH excluding ortho intramolecular Hbond substituents is 1. The topological polar surface area (TPSA) is 272 Å². The first-order valence-electron chi connectivity index (χ1n) is 19.6. The van der Waals surface area contributed by atoms with Gasteiger partial charge in [-0.15, -0.1) is 0 Å². The number of alkyl halides is 3. The minimum absolute atomic E-state index is 0. The summed E-state index contributed by atoms with van der Waals surface area (Å²) in [7, 11) is 2.52. The predicted molar refractivity (Wildman–Crippen MR) is 243 cm³/mol. The number of benzene rings is 4. The fourth-order valence-electron chi connectivity index (χ4n) is 6.52. The van der Waals surface area contributed by atoms with Gasteiger partial charge in [0.05, 0.1) is 27.3 Å². The van der Waals surface area contributed by atoms with E-state index in [4.69, 9.17) is 31.2 Å². The van der Waals surface area contributed by atoms with Crippen LogP contribution in [0, 0.1) is 0 Å². The summed E-state index contributed by atoms with van der Waals surface area (Å²) in [6, 6.07) is 24.6. The molecule has 0 spiro atoms. The molecule has 6 rings (SSSR count). The Morgan fingerprint density at radius 3 is 1.34 bits per heavy atom. The molecule has 0 saturated heterocycles. The molecular formula is C45H47Br3K2N4O13. The van der Waals surface area contributed by atoms with Crippen molar-refractivity contribution in [2.75, 3.05) is 14.2 Å². The Morgan fingerprint density at radius 1 is 0.627 bits per heavy atom. The van der Waals surface area contributed by atoms with Crippen molar-refractivity contribution >= 4 is 89.5 Å². The molecule has 0 radical (unpaired) electrons. The van der Waals surface area contributed by atoms with Gasteiger partial charge in [0.15, 0.2) is 0 Å². The summed E-state index contributed by atoms with van der Waals surface area (Å²) in [5.74, 6) is -2.38. The Labute approximate surface area is 498 Å². The number of ether oxygens (including phenoxy) is 3. The molecule has 2 heterocycles. The van der Waals surface area contributed by atoms with Crippen LogP contribution in [0.25, 0.3) is 0 Å². The number of nitrogens with zero attached hydrogens (tertiary/aromatic N) is 2. The number of carbonyl (C=O) groups excluding carboxylic acids is 7.